The second-order valence-corrected chi connectivity index (χ2v) is 9.76. The third-order valence-electron chi connectivity index (χ3n) is 6.67. The summed E-state index contributed by atoms with van der Waals surface area (Å²) in [6, 6.07) is 31.9. The van der Waals surface area contributed by atoms with Gasteiger partial charge in [-0.2, -0.15) is 0 Å². The highest BCUT2D eigenvalue weighted by Crippen LogP contribution is 2.35. The van der Waals surface area contributed by atoms with E-state index in [1.54, 1.807) is 24.3 Å². The molecule has 0 aromatic heterocycles. The second kappa shape index (κ2) is 13.1. The smallest absolute Gasteiger partial charge is 0.335 e. The maximum atomic E-state index is 11.7. The van der Waals surface area contributed by atoms with Crippen LogP contribution in [-0.2, 0) is 5.60 Å². The SMILES string of the molecule is CN(C)CCCC(O)(c1ccccc1)c1ccc(OCCOc2ccc(-c3ccc(C(=O)O)cc3)cc2)cc1. The zero-order valence-corrected chi connectivity index (χ0v) is 22.4. The molecular formula is C33H35NO5. The van der Waals surface area contributed by atoms with E-state index in [1.165, 1.54) is 0 Å². The summed E-state index contributed by atoms with van der Waals surface area (Å²) in [6.07, 6.45) is 1.49. The summed E-state index contributed by atoms with van der Waals surface area (Å²) in [7, 11) is 4.08. The lowest BCUT2D eigenvalue weighted by Crippen LogP contribution is -2.28. The molecule has 0 radical (unpaired) electrons. The van der Waals surface area contributed by atoms with Crippen LogP contribution < -0.4 is 9.47 Å². The highest BCUT2D eigenvalue weighted by Gasteiger charge is 2.31. The van der Waals surface area contributed by atoms with Crippen LogP contribution in [-0.4, -0.2) is 54.9 Å². The fraction of sp³-hybridized carbons (Fsp3) is 0.242. The predicted molar refractivity (Wildman–Crippen MR) is 153 cm³/mol. The van der Waals surface area contributed by atoms with Crippen LogP contribution in [0.5, 0.6) is 11.5 Å². The number of carboxylic acids is 1. The standard InChI is InChI=1S/C33H35NO5/c1-34(2)22-6-21-33(37,28-7-4-3-5-8-28)29-15-19-31(20-16-29)39-24-23-38-30-17-13-26(14-18-30)25-9-11-27(12-10-25)32(35)36/h3-5,7-20,37H,6,21-24H2,1-2H3,(H,35,36). The Hall–Kier alpha value is -4.13. The first kappa shape index (κ1) is 27.9. The molecule has 4 aromatic rings. The average molecular weight is 526 g/mol. The number of aromatic carboxylic acids is 1. The molecule has 0 amide bonds. The van der Waals surface area contributed by atoms with Crippen molar-refractivity contribution in [3.63, 3.8) is 0 Å². The molecule has 6 heteroatoms. The van der Waals surface area contributed by atoms with Gasteiger partial charge in [0.25, 0.3) is 0 Å². The number of ether oxygens (including phenoxy) is 2. The minimum atomic E-state index is -1.07. The number of rotatable bonds is 13. The summed E-state index contributed by atoms with van der Waals surface area (Å²) in [4.78, 5) is 13.2. The van der Waals surface area contributed by atoms with E-state index in [1.807, 2.05) is 93.0 Å². The van der Waals surface area contributed by atoms with E-state index in [0.29, 0.717) is 25.4 Å². The van der Waals surface area contributed by atoms with Crippen LogP contribution in [0.4, 0.5) is 0 Å². The number of nitrogens with zero attached hydrogens (tertiary/aromatic N) is 1. The number of carboxylic acid groups (broad SMARTS) is 1. The molecule has 39 heavy (non-hydrogen) atoms. The molecule has 0 aliphatic carbocycles. The van der Waals surface area contributed by atoms with Gasteiger partial charge < -0.3 is 24.6 Å². The summed E-state index contributed by atoms with van der Waals surface area (Å²) in [5.41, 5.74) is 2.84. The Kier molecular flexibility index (Phi) is 9.36. The van der Waals surface area contributed by atoms with Crippen molar-refractivity contribution in [1.29, 1.82) is 0 Å². The molecule has 0 spiro atoms. The number of hydrogen-bond acceptors (Lipinski definition) is 5. The summed E-state index contributed by atoms with van der Waals surface area (Å²) in [5.74, 6) is 0.504. The van der Waals surface area contributed by atoms with Gasteiger partial charge in [-0.25, -0.2) is 4.79 Å². The van der Waals surface area contributed by atoms with Crippen molar-refractivity contribution >= 4 is 5.97 Å². The lowest BCUT2D eigenvalue weighted by molar-refractivity contribution is 0.0663. The van der Waals surface area contributed by atoms with E-state index < -0.39 is 11.6 Å². The number of carbonyl (C=O) groups is 1. The molecule has 1 atom stereocenters. The molecule has 4 rings (SSSR count). The van der Waals surface area contributed by atoms with Crippen molar-refractivity contribution in [3.8, 4) is 22.6 Å². The summed E-state index contributed by atoms with van der Waals surface area (Å²) in [5, 5.41) is 20.8. The van der Waals surface area contributed by atoms with Crippen molar-refractivity contribution in [2.45, 2.75) is 18.4 Å². The molecule has 2 N–H and O–H groups in total. The Labute approximate surface area is 230 Å². The van der Waals surface area contributed by atoms with Gasteiger partial charge in [-0.3, -0.25) is 0 Å². The molecule has 202 valence electrons. The number of benzene rings is 4. The number of hydrogen-bond donors (Lipinski definition) is 2. The van der Waals surface area contributed by atoms with E-state index in [0.717, 1.165) is 41.0 Å². The molecule has 1 unspecified atom stereocenters. The Morgan fingerprint density at radius 3 is 1.72 bits per heavy atom. The van der Waals surface area contributed by atoms with Crippen LogP contribution in [0.15, 0.2) is 103 Å². The maximum absolute atomic E-state index is 11.7. The van der Waals surface area contributed by atoms with E-state index in [-0.39, 0.29) is 5.56 Å². The normalized spacial score (nSPS) is 12.6. The van der Waals surface area contributed by atoms with E-state index in [2.05, 4.69) is 4.90 Å². The second-order valence-electron chi connectivity index (χ2n) is 9.76. The van der Waals surface area contributed by atoms with Gasteiger partial charge in [-0.15, -0.1) is 0 Å². The minimum absolute atomic E-state index is 0.264. The van der Waals surface area contributed by atoms with Gasteiger partial charge in [0, 0.05) is 0 Å². The first-order valence-corrected chi connectivity index (χ1v) is 13.1. The van der Waals surface area contributed by atoms with E-state index in [4.69, 9.17) is 14.6 Å². The molecule has 0 heterocycles. The van der Waals surface area contributed by atoms with Crippen LogP contribution in [0, 0.1) is 0 Å². The van der Waals surface area contributed by atoms with Gasteiger partial charge in [0.1, 0.15) is 30.3 Å². The molecule has 4 aromatic carbocycles. The minimum Gasteiger partial charge on any atom is -0.490 e. The molecule has 0 saturated carbocycles. The van der Waals surface area contributed by atoms with Crippen LogP contribution in [0.25, 0.3) is 11.1 Å². The molecule has 0 saturated heterocycles. The van der Waals surface area contributed by atoms with Crippen molar-refractivity contribution in [3.05, 3.63) is 120 Å². The Bertz CT molecular complexity index is 1320. The van der Waals surface area contributed by atoms with Gasteiger partial charge in [-0.05, 0) is 92.1 Å². The Morgan fingerprint density at radius 1 is 0.718 bits per heavy atom. The molecule has 0 fully saturated rings. The summed E-state index contributed by atoms with van der Waals surface area (Å²) in [6.45, 7) is 1.66. The van der Waals surface area contributed by atoms with Gasteiger partial charge in [0.2, 0.25) is 0 Å². The van der Waals surface area contributed by atoms with Gasteiger partial charge >= 0.3 is 5.97 Å². The van der Waals surface area contributed by atoms with E-state index >= 15 is 0 Å². The Balaban J connectivity index is 1.30. The highest BCUT2D eigenvalue weighted by molar-refractivity contribution is 5.88. The molecule has 0 aliphatic heterocycles. The van der Waals surface area contributed by atoms with Gasteiger partial charge in [0.05, 0.1) is 5.56 Å². The molecule has 6 nitrogen and oxygen atoms in total. The number of aliphatic hydroxyl groups is 1. The Morgan fingerprint density at radius 2 is 1.21 bits per heavy atom. The third kappa shape index (κ3) is 7.47. The molecule has 0 bridgehead atoms. The average Bonchev–Trinajstić information content (AvgIpc) is 2.96. The van der Waals surface area contributed by atoms with Crippen LogP contribution in [0.3, 0.4) is 0 Å². The molecular weight excluding hydrogens is 490 g/mol. The van der Waals surface area contributed by atoms with Crippen LogP contribution in [0.2, 0.25) is 0 Å². The lowest BCUT2D eigenvalue weighted by atomic mass is 9.82. The van der Waals surface area contributed by atoms with Crippen molar-refractivity contribution in [2.24, 2.45) is 0 Å². The van der Waals surface area contributed by atoms with Gasteiger partial charge in [-0.1, -0.05) is 66.7 Å². The lowest BCUT2D eigenvalue weighted by Gasteiger charge is -2.30. The summed E-state index contributed by atoms with van der Waals surface area (Å²) < 4.78 is 11.7. The van der Waals surface area contributed by atoms with Crippen LogP contribution >= 0.6 is 0 Å². The fourth-order valence-corrected chi connectivity index (χ4v) is 4.52. The largest absolute Gasteiger partial charge is 0.490 e. The van der Waals surface area contributed by atoms with Crippen molar-refractivity contribution < 1.29 is 24.5 Å². The summed E-state index contributed by atoms with van der Waals surface area (Å²) >= 11 is 0. The first-order chi connectivity index (χ1) is 18.8. The zero-order chi connectivity index (χ0) is 27.7. The third-order valence-corrected chi connectivity index (χ3v) is 6.67. The quantitative estimate of drug-likeness (QED) is 0.206. The monoisotopic (exact) mass is 525 g/mol. The van der Waals surface area contributed by atoms with E-state index in [9.17, 15) is 9.90 Å². The van der Waals surface area contributed by atoms with Crippen molar-refractivity contribution in [2.75, 3.05) is 33.9 Å². The highest BCUT2D eigenvalue weighted by atomic mass is 16.5. The van der Waals surface area contributed by atoms with Crippen LogP contribution in [0.1, 0.15) is 34.3 Å². The zero-order valence-electron chi connectivity index (χ0n) is 22.4. The maximum Gasteiger partial charge on any atom is 0.335 e. The molecule has 0 aliphatic rings. The first-order valence-electron chi connectivity index (χ1n) is 13.1. The van der Waals surface area contributed by atoms with Gasteiger partial charge in [0.15, 0.2) is 0 Å². The fourth-order valence-electron chi connectivity index (χ4n) is 4.52. The van der Waals surface area contributed by atoms with Crippen molar-refractivity contribution in [1.82, 2.24) is 4.90 Å². The topological polar surface area (TPSA) is 79.2 Å². The predicted octanol–water partition coefficient (Wildman–Crippen LogP) is 6.09.